The van der Waals surface area contributed by atoms with Crippen LogP contribution >= 0.6 is 0 Å². The maximum absolute atomic E-state index is 12.4. The van der Waals surface area contributed by atoms with Crippen LogP contribution in [0.4, 0.5) is 0 Å². The van der Waals surface area contributed by atoms with Crippen LogP contribution in [0.15, 0.2) is 42.1 Å². The molecule has 1 aliphatic heterocycles. The molecule has 0 radical (unpaired) electrons. The minimum Gasteiger partial charge on any atom is -0.301 e. The van der Waals surface area contributed by atoms with E-state index in [1.807, 2.05) is 36.3 Å². The smallest absolute Gasteiger partial charge is 0.253 e. The standard InChI is InChI=1S/C14H12N2O2/c17-9-11-5-7-15-13(11)14(18)16-8-6-10-3-1-2-4-12(10)16/h1-4,6,8,13,15H,5,7H2. The Hall–Kier alpha value is -2.16. The van der Waals surface area contributed by atoms with Crippen LogP contribution in [-0.4, -0.2) is 29.0 Å². The minimum absolute atomic E-state index is 0.118. The molecule has 1 aliphatic rings. The van der Waals surface area contributed by atoms with Crippen molar-refractivity contribution in [2.24, 2.45) is 0 Å². The normalized spacial score (nSPS) is 19.1. The van der Waals surface area contributed by atoms with Crippen LogP contribution in [0.5, 0.6) is 0 Å². The third kappa shape index (κ3) is 1.59. The molecule has 1 N–H and O–H groups in total. The molecule has 4 nitrogen and oxygen atoms in total. The summed E-state index contributed by atoms with van der Waals surface area (Å²) in [5.41, 5.74) is 1.37. The lowest BCUT2D eigenvalue weighted by Crippen LogP contribution is -2.35. The molecule has 1 aromatic carbocycles. The van der Waals surface area contributed by atoms with Gasteiger partial charge in [0.05, 0.1) is 5.52 Å². The fraction of sp³-hybridized carbons (Fsp3) is 0.214. The highest BCUT2D eigenvalue weighted by Gasteiger charge is 2.29. The predicted molar refractivity (Wildman–Crippen MR) is 68.2 cm³/mol. The van der Waals surface area contributed by atoms with Crippen LogP contribution in [0.2, 0.25) is 0 Å². The summed E-state index contributed by atoms with van der Waals surface area (Å²) in [5, 5.41) is 4.05. The average molecular weight is 240 g/mol. The first-order valence-electron chi connectivity index (χ1n) is 5.89. The van der Waals surface area contributed by atoms with Gasteiger partial charge in [-0.3, -0.25) is 9.36 Å². The van der Waals surface area contributed by atoms with Crippen molar-refractivity contribution in [3.05, 3.63) is 42.1 Å². The fourth-order valence-corrected chi connectivity index (χ4v) is 2.38. The molecular weight excluding hydrogens is 228 g/mol. The summed E-state index contributed by atoms with van der Waals surface area (Å²) in [4.78, 5) is 23.2. The van der Waals surface area contributed by atoms with E-state index in [9.17, 15) is 9.59 Å². The molecule has 1 fully saturated rings. The highest BCUT2D eigenvalue weighted by Crippen LogP contribution is 2.19. The lowest BCUT2D eigenvalue weighted by Gasteiger charge is -2.11. The van der Waals surface area contributed by atoms with Crippen molar-refractivity contribution >= 4 is 22.8 Å². The lowest BCUT2D eigenvalue weighted by molar-refractivity contribution is 0.0890. The summed E-state index contributed by atoms with van der Waals surface area (Å²) in [6.07, 6.45) is 2.34. The molecule has 0 aliphatic carbocycles. The number of para-hydroxylation sites is 1. The molecule has 90 valence electrons. The molecule has 0 amide bonds. The Balaban J connectivity index is 2.05. The number of benzene rings is 1. The first kappa shape index (κ1) is 11.0. The number of hydrogen-bond donors (Lipinski definition) is 1. The van der Waals surface area contributed by atoms with E-state index in [0.717, 1.165) is 10.9 Å². The molecule has 4 heteroatoms. The molecule has 0 saturated carbocycles. The predicted octanol–water partition coefficient (Wildman–Crippen LogP) is 1.40. The number of carbonyl (C=O) groups is 1. The van der Waals surface area contributed by atoms with Gasteiger partial charge in [0.25, 0.3) is 5.91 Å². The molecule has 1 aromatic heterocycles. The van der Waals surface area contributed by atoms with Crippen LogP contribution < -0.4 is 5.32 Å². The van der Waals surface area contributed by atoms with E-state index in [1.165, 1.54) is 0 Å². The van der Waals surface area contributed by atoms with Gasteiger partial charge in [-0.25, -0.2) is 4.79 Å². The van der Waals surface area contributed by atoms with E-state index in [4.69, 9.17) is 0 Å². The highest BCUT2D eigenvalue weighted by molar-refractivity contribution is 5.97. The van der Waals surface area contributed by atoms with E-state index < -0.39 is 6.04 Å². The first-order chi connectivity index (χ1) is 8.81. The van der Waals surface area contributed by atoms with Gasteiger partial charge in [0.2, 0.25) is 0 Å². The van der Waals surface area contributed by atoms with Crippen LogP contribution in [-0.2, 0) is 4.79 Å². The topological polar surface area (TPSA) is 51.1 Å². The van der Waals surface area contributed by atoms with Gasteiger partial charge in [-0.2, -0.15) is 0 Å². The van der Waals surface area contributed by atoms with E-state index in [-0.39, 0.29) is 5.91 Å². The Morgan fingerprint density at radius 1 is 1.33 bits per heavy atom. The minimum atomic E-state index is -0.529. The van der Waals surface area contributed by atoms with Gasteiger partial charge >= 0.3 is 0 Å². The quantitative estimate of drug-likeness (QED) is 0.767. The maximum atomic E-state index is 12.4. The second-order valence-electron chi connectivity index (χ2n) is 4.35. The Bertz CT molecular complexity index is 665. The Morgan fingerprint density at radius 2 is 2.17 bits per heavy atom. The Morgan fingerprint density at radius 3 is 3.00 bits per heavy atom. The summed E-state index contributed by atoms with van der Waals surface area (Å²) in [6.45, 7) is 0.653. The number of nitrogens with one attached hydrogen (secondary N) is 1. The largest absolute Gasteiger partial charge is 0.301 e. The lowest BCUT2D eigenvalue weighted by atomic mass is 10.1. The molecule has 3 rings (SSSR count). The van der Waals surface area contributed by atoms with Gasteiger partial charge in [0, 0.05) is 23.7 Å². The first-order valence-corrected chi connectivity index (χ1v) is 5.89. The number of fused-ring (bicyclic) bond motifs is 1. The molecule has 1 saturated heterocycles. The number of hydrogen-bond acceptors (Lipinski definition) is 3. The Kier molecular flexibility index (Phi) is 2.59. The van der Waals surface area contributed by atoms with Crippen molar-refractivity contribution in [3.63, 3.8) is 0 Å². The molecule has 0 bridgehead atoms. The van der Waals surface area contributed by atoms with E-state index in [2.05, 4.69) is 5.32 Å². The summed E-state index contributed by atoms with van der Waals surface area (Å²) in [5.74, 6) is 1.76. The van der Waals surface area contributed by atoms with Gasteiger partial charge < -0.3 is 5.32 Å². The molecule has 18 heavy (non-hydrogen) atoms. The molecule has 2 heterocycles. The number of carbonyl (C=O) groups excluding carboxylic acids is 2. The third-order valence-electron chi connectivity index (χ3n) is 3.31. The maximum Gasteiger partial charge on any atom is 0.253 e. The van der Waals surface area contributed by atoms with Gasteiger partial charge in [-0.15, -0.1) is 0 Å². The number of rotatable bonds is 1. The molecule has 1 atom stereocenters. The molecule has 0 spiro atoms. The van der Waals surface area contributed by atoms with E-state index >= 15 is 0 Å². The second-order valence-corrected chi connectivity index (χ2v) is 4.35. The monoisotopic (exact) mass is 240 g/mol. The van der Waals surface area contributed by atoms with Crippen LogP contribution in [0.25, 0.3) is 10.9 Å². The van der Waals surface area contributed by atoms with Crippen LogP contribution in [0, 0.1) is 0 Å². The molecule has 2 aromatic rings. The van der Waals surface area contributed by atoms with Crippen molar-refractivity contribution in [1.29, 1.82) is 0 Å². The van der Waals surface area contributed by atoms with E-state index in [0.29, 0.717) is 18.5 Å². The van der Waals surface area contributed by atoms with E-state index in [1.54, 1.807) is 10.8 Å². The van der Waals surface area contributed by atoms with Crippen LogP contribution in [0.1, 0.15) is 11.2 Å². The van der Waals surface area contributed by atoms with Crippen molar-refractivity contribution < 1.29 is 9.59 Å². The van der Waals surface area contributed by atoms with Crippen molar-refractivity contribution in [1.82, 2.24) is 9.88 Å². The second kappa shape index (κ2) is 4.26. The van der Waals surface area contributed by atoms with Gasteiger partial charge in [-0.1, -0.05) is 18.2 Å². The average Bonchev–Trinajstić information content (AvgIpc) is 3.04. The van der Waals surface area contributed by atoms with Gasteiger partial charge in [-0.05, 0) is 18.6 Å². The zero-order chi connectivity index (χ0) is 12.5. The summed E-state index contributed by atoms with van der Waals surface area (Å²) in [7, 11) is 0. The fourth-order valence-electron chi connectivity index (χ4n) is 2.38. The highest BCUT2D eigenvalue weighted by atomic mass is 16.2. The van der Waals surface area contributed by atoms with Crippen molar-refractivity contribution in [2.45, 2.75) is 12.5 Å². The van der Waals surface area contributed by atoms with Crippen molar-refractivity contribution in [3.8, 4) is 0 Å². The zero-order valence-electron chi connectivity index (χ0n) is 9.72. The summed E-state index contributed by atoms with van der Waals surface area (Å²) >= 11 is 0. The zero-order valence-corrected chi connectivity index (χ0v) is 9.72. The SMILES string of the molecule is O=C=C1CCNC1C(=O)n1ccc2ccccc21. The third-order valence-corrected chi connectivity index (χ3v) is 3.31. The molecular formula is C14H12N2O2. The summed E-state index contributed by atoms with van der Waals surface area (Å²) < 4.78 is 1.59. The number of aromatic nitrogens is 1. The van der Waals surface area contributed by atoms with Gasteiger partial charge in [0.1, 0.15) is 12.0 Å². The Labute approximate surface area is 104 Å². The summed E-state index contributed by atoms with van der Waals surface area (Å²) in [6, 6.07) is 9.04. The van der Waals surface area contributed by atoms with Crippen molar-refractivity contribution in [2.75, 3.05) is 6.54 Å². The molecule has 1 unspecified atom stereocenters. The van der Waals surface area contributed by atoms with Gasteiger partial charge in [0.15, 0.2) is 0 Å². The number of nitrogens with zero attached hydrogens (tertiary/aromatic N) is 1. The van der Waals surface area contributed by atoms with Crippen LogP contribution in [0.3, 0.4) is 0 Å².